The van der Waals surface area contributed by atoms with Crippen molar-refractivity contribution in [3.63, 3.8) is 0 Å². The van der Waals surface area contributed by atoms with Crippen LogP contribution in [0.3, 0.4) is 0 Å². The highest BCUT2D eigenvalue weighted by molar-refractivity contribution is 5.92. The van der Waals surface area contributed by atoms with E-state index in [2.05, 4.69) is 17.6 Å². The first-order valence-corrected chi connectivity index (χ1v) is 15.7. The van der Waals surface area contributed by atoms with Crippen LogP contribution in [0, 0.1) is 34.5 Å². The Balaban J connectivity index is 1.29. The third-order valence-corrected chi connectivity index (χ3v) is 11.1. The van der Waals surface area contributed by atoms with Crippen molar-refractivity contribution in [3.05, 3.63) is 11.6 Å². The lowest BCUT2D eigenvalue weighted by Crippen LogP contribution is -2.62. The maximum atomic E-state index is 13.4. The average molecular weight is 619 g/mol. The van der Waals surface area contributed by atoms with Crippen molar-refractivity contribution in [3.8, 4) is 0 Å². The van der Waals surface area contributed by atoms with Crippen LogP contribution in [0.4, 0.5) is 0 Å². The quantitative estimate of drug-likeness (QED) is 0.211. The van der Waals surface area contributed by atoms with Crippen molar-refractivity contribution in [1.82, 2.24) is 10.6 Å². The zero-order valence-corrected chi connectivity index (χ0v) is 26.0. The Kier molecular flexibility index (Phi) is 9.75. The minimum atomic E-state index is -1.78. The van der Waals surface area contributed by atoms with E-state index < -0.39 is 65.8 Å². The fourth-order valence-electron chi connectivity index (χ4n) is 8.71. The number of aliphatic hydroxyl groups excluding tert-OH is 1. The predicted octanol–water partition coefficient (Wildman–Crippen LogP) is 1.45. The van der Waals surface area contributed by atoms with E-state index >= 15 is 0 Å². The summed E-state index contributed by atoms with van der Waals surface area (Å²) in [5.74, 6) is -4.16. The molecular formula is C32H46N2O10. The number of amides is 2. The first kappa shape index (κ1) is 33.8. The third kappa shape index (κ3) is 6.20. The molecule has 4 unspecified atom stereocenters. The van der Waals surface area contributed by atoms with Gasteiger partial charge in [-0.3, -0.25) is 24.0 Å². The molecule has 0 saturated heterocycles. The standard InChI is InChI=1S/C32H46N2O10/c1-17(2)28(29(41)42)34-25(39)15-33-24(38)7-8-26(40)44-16-23(37)32(43)12-10-21-20-6-5-18-13-19(35)9-11-30(18,3)27(20)22(36)14-31(21,32)4/h13,17,20-22,27-28,36,43H,5-12,14-16H2,1-4H3,(H,33,38)(H,34,39)(H,41,42)/t20?,21?,22-,27?,28?,30-,31-,32-/m0/s1. The zero-order valence-electron chi connectivity index (χ0n) is 26.0. The van der Waals surface area contributed by atoms with Crippen molar-refractivity contribution >= 4 is 35.3 Å². The smallest absolute Gasteiger partial charge is 0.326 e. The highest BCUT2D eigenvalue weighted by atomic mass is 16.5. The first-order valence-electron chi connectivity index (χ1n) is 15.7. The summed E-state index contributed by atoms with van der Waals surface area (Å²) in [6, 6.07) is -1.10. The van der Waals surface area contributed by atoms with Gasteiger partial charge in [0.05, 0.1) is 19.1 Å². The molecule has 0 aromatic heterocycles. The summed E-state index contributed by atoms with van der Waals surface area (Å²) in [6.07, 6.45) is 4.02. The number of esters is 1. The summed E-state index contributed by atoms with van der Waals surface area (Å²) in [7, 11) is 0. The molecule has 0 radical (unpaired) electrons. The lowest BCUT2D eigenvalue weighted by Gasteiger charge is -2.60. The molecule has 4 aliphatic carbocycles. The van der Waals surface area contributed by atoms with Gasteiger partial charge in [-0.25, -0.2) is 4.79 Å². The van der Waals surface area contributed by atoms with E-state index in [-0.39, 0.29) is 60.6 Å². The van der Waals surface area contributed by atoms with E-state index in [1.165, 1.54) is 0 Å². The van der Waals surface area contributed by atoms with Crippen LogP contribution in [-0.4, -0.2) is 81.5 Å². The Labute approximate surface area is 257 Å². The molecule has 4 rings (SSSR count). The maximum Gasteiger partial charge on any atom is 0.326 e. The van der Waals surface area contributed by atoms with Crippen molar-refractivity contribution in [1.29, 1.82) is 0 Å². The van der Waals surface area contributed by atoms with Crippen molar-refractivity contribution in [2.45, 2.75) is 103 Å². The summed E-state index contributed by atoms with van der Waals surface area (Å²) in [5, 5.41) is 37.1. The molecule has 12 nitrogen and oxygen atoms in total. The lowest BCUT2D eigenvalue weighted by molar-refractivity contribution is -0.184. The minimum Gasteiger partial charge on any atom is -0.480 e. The zero-order chi connectivity index (χ0) is 32.6. The molecule has 44 heavy (non-hydrogen) atoms. The Bertz CT molecular complexity index is 1250. The number of fused-ring (bicyclic) bond motifs is 5. The number of carboxylic acid groups (broad SMARTS) is 1. The van der Waals surface area contributed by atoms with Gasteiger partial charge in [-0.1, -0.05) is 33.3 Å². The Morgan fingerprint density at radius 1 is 1.05 bits per heavy atom. The number of carboxylic acids is 1. The molecule has 5 N–H and O–H groups in total. The molecule has 0 aromatic rings. The number of aliphatic hydroxyl groups is 2. The molecule has 12 heteroatoms. The molecule has 3 saturated carbocycles. The van der Waals surface area contributed by atoms with Gasteiger partial charge in [0.2, 0.25) is 17.6 Å². The summed E-state index contributed by atoms with van der Waals surface area (Å²) >= 11 is 0. The number of nitrogens with one attached hydrogen (secondary N) is 2. The number of hydrogen-bond donors (Lipinski definition) is 5. The number of allylic oxidation sites excluding steroid dienone is 1. The molecule has 2 amide bonds. The second kappa shape index (κ2) is 12.7. The van der Waals surface area contributed by atoms with Gasteiger partial charge in [0.15, 0.2) is 12.4 Å². The van der Waals surface area contributed by atoms with Crippen LogP contribution in [0.15, 0.2) is 11.6 Å². The van der Waals surface area contributed by atoms with Gasteiger partial charge in [-0.15, -0.1) is 0 Å². The number of ether oxygens (including phenoxy) is 1. The highest BCUT2D eigenvalue weighted by Crippen LogP contribution is 2.67. The summed E-state index contributed by atoms with van der Waals surface area (Å²) < 4.78 is 5.14. The average Bonchev–Trinajstić information content (AvgIpc) is 3.22. The van der Waals surface area contributed by atoms with E-state index in [1.807, 2.05) is 6.92 Å². The third-order valence-electron chi connectivity index (χ3n) is 11.1. The van der Waals surface area contributed by atoms with E-state index in [0.29, 0.717) is 19.3 Å². The predicted molar refractivity (Wildman–Crippen MR) is 156 cm³/mol. The number of carbonyl (C=O) groups excluding carboxylic acids is 5. The molecule has 0 spiro atoms. The Hall–Kier alpha value is -3.12. The van der Waals surface area contributed by atoms with Gasteiger partial charge in [0, 0.05) is 18.3 Å². The van der Waals surface area contributed by atoms with E-state index in [1.54, 1.807) is 19.9 Å². The normalized spacial score (nSPS) is 35.0. The maximum absolute atomic E-state index is 13.4. The SMILES string of the molecule is CC(C)C(NC(=O)CNC(=O)CCC(=O)OCC(=O)[C@@]1(O)CCC2C3CCC4=CC(=O)CC[C@]4(C)C3[C@@H](O)C[C@@]21C)C(=O)O. The molecule has 0 bridgehead atoms. The monoisotopic (exact) mass is 618 g/mol. The molecular weight excluding hydrogens is 572 g/mol. The van der Waals surface area contributed by atoms with Gasteiger partial charge in [0.1, 0.15) is 11.6 Å². The number of carbonyl (C=O) groups is 6. The molecule has 8 atom stereocenters. The fourth-order valence-corrected chi connectivity index (χ4v) is 8.71. The van der Waals surface area contributed by atoms with Gasteiger partial charge in [0.25, 0.3) is 0 Å². The number of hydrogen-bond acceptors (Lipinski definition) is 9. The topological polar surface area (TPSA) is 196 Å². The number of ketones is 2. The van der Waals surface area contributed by atoms with Crippen LogP contribution in [0.1, 0.15) is 85.5 Å². The molecule has 3 fully saturated rings. The van der Waals surface area contributed by atoms with Crippen LogP contribution in [0.25, 0.3) is 0 Å². The molecule has 0 aliphatic heterocycles. The van der Waals surface area contributed by atoms with Crippen molar-refractivity contribution in [2.75, 3.05) is 13.2 Å². The van der Waals surface area contributed by atoms with Crippen LogP contribution in [-0.2, 0) is 33.5 Å². The highest BCUT2D eigenvalue weighted by Gasteiger charge is 2.68. The molecule has 0 aromatic carbocycles. The lowest BCUT2D eigenvalue weighted by atomic mass is 9.45. The Morgan fingerprint density at radius 2 is 1.75 bits per heavy atom. The van der Waals surface area contributed by atoms with Gasteiger partial charge in [-0.05, 0) is 73.7 Å². The van der Waals surface area contributed by atoms with Crippen LogP contribution in [0.2, 0.25) is 0 Å². The van der Waals surface area contributed by atoms with Crippen LogP contribution < -0.4 is 10.6 Å². The van der Waals surface area contributed by atoms with Crippen LogP contribution in [0.5, 0.6) is 0 Å². The molecule has 4 aliphatic rings. The Morgan fingerprint density at radius 3 is 2.41 bits per heavy atom. The molecule has 244 valence electrons. The fraction of sp³-hybridized carbons (Fsp3) is 0.750. The van der Waals surface area contributed by atoms with Crippen molar-refractivity contribution in [2.24, 2.45) is 34.5 Å². The summed E-state index contributed by atoms with van der Waals surface area (Å²) in [4.78, 5) is 73.2. The van der Waals surface area contributed by atoms with E-state index in [4.69, 9.17) is 9.84 Å². The largest absolute Gasteiger partial charge is 0.480 e. The van der Waals surface area contributed by atoms with Gasteiger partial charge in [-0.2, -0.15) is 0 Å². The van der Waals surface area contributed by atoms with E-state index in [0.717, 1.165) is 18.4 Å². The van der Waals surface area contributed by atoms with Gasteiger partial charge >= 0.3 is 11.9 Å². The summed E-state index contributed by atoms with van der Waals surface area (Å²) in [6.45, 7) is 6.13. The molecule has 0 heterocycles. The minimum absolute atomic E-state index is 0.0104. The number of aliphatic carboxylic acids is 1. The van der Waals surface area contributed by atoms with Crippen LogP contribution >= 0.6 is 0 Å². The number of Topliss-reactive ketones (excluding diaryl/α,β-unsaturated/α-hetero) is 1. The van der Waals surface area contributed by atoms with Crippen molar-refractivity contribution < 1.29 is 48.8 Å². The number of rotatable bonds is 11. The van der Waals surface area contributed by atoms with E-state index in [9.17, 15) is 39.0 Å². The van der Waals surface area contributed by atoms with Gasteiger partial charge < -0.3 is 30.7 Å². The second-order valence-corrected chi connectivity index (χ2v) is 14.0. The second-order valence-electron chi connectivity index (χ2n) is 14.0. The summed E-state index contributed by atoms with van der Waals surface area (Å²) in [5.41, 5.74) is -1.88. The first-order chi connectivity index (χ1) is 20.5.